The number of hydrogen-bond donors (Lipinski definition) is 0. The second-order valence-electron chi connectivity index (χ2n) is 7.19. The average molecular weight is 383 g/mol. The molecular formula is C21H21NO4S. The quantitative estimate of drug-likeness (QED) is 0.677. The highest BCUT2D eigenvalue weighted by atomic mass is 32.2. The molecule has 2 aromatic carbocycles. The number of nitrogens with zero attached hydrogens (tertiary/aromatic N) is 1. The fourth-order valence-corrected chi connectivity index (χ4v) is 3.85. The molecule has 6 heteroatoms. The molecular weight excluding hydrogens is 362 g/mol. The molecule has 27 heavy (non-hydrogen) atoms. The maximum Gasteiger partial charge on any atom is 0.258 e. The largest absolute Gasteiger partial charge is 0.493 e. The van der Waals surface area contributed by atoms with Gasteiger partial charge in [-0.05, 0) is 48.4 Å². The van der Waals surface area contributed by atoms with Crippen LogP contribution in [-0.4, -0.2) is 25.8 Å². The van der Waals surface area contributed by atoms with Crippen LogP contribution in [0.4, 0.5) is 0 Å². The Labute approximate surface area is 158 Å². The van der Waals surface area contributed by atoms with Gasteiger partial charge in [-0.25, -0.2) is 8.42 Å². The van der Waals surface area contributed by atoms with Crippen LogP contribution >= 0.6 is 0 Å². The molecule has 1 saturated carbocycles. The van der Waals surface area contributed by atoms with Crippen molar-refractivity contribution in [1.29, 1.82) is 0 Å². The minimum absolute atomic E-state index is 0.0888. The molecule has 0 amide bonds. The Kier molecular flexibility index (Phi) is 4.30. The van der Waals surface area contributed by atoms with Gasteiger partial charge < -0.3 is 9.30 Å². The summed E-state index contributed by atoms with van der Waals surface area (Å²) < 4.78 is 31.7. The van der Waals surface area contributed by atoms with Crippen molar-refractivity contribution in [2.24, 2.45) is 13.0 Å². The molecule has 1 aliphatic rings. The second-order valence-corrected chi connectivity index (χ2v) is 9.20. The van der Waals surface area contributed by atoms with Gasteiger partial charge in [-0.3, -0.25) is 4.79 Å². The van der Waals surface area contributed by atoms with Crippen molar-refractivity contribution in [1.82, 2.24) is 4.57 Å². The summed E-state index contributed by atoms with van der Waals surface area (Å²) in [5, 5.41) is 1.37. The summed E-state index contributed by atoms with van der Waals surface area (Å²) in [7, 11) is -1.67. The summed E-state index contributed by atoms with van der Waals surface area (Å²) in [6, 6.07) is 12.3. The summed E-state index contributed by atoms with van der Waals surface area (Å²) in [6.07, 6.45) is 5.27. The van der Waals surface area contributed by atoms with Gasteiger partial charge in [0, 0.05) is 36.0 Å². The Morgan fingerprint density at radius 3 is 2.44 bits per heavy atom. The third-order valence-electron chi connectivity index (χ3n) is 4.93. The van der Waals surface area contributed by atoms with Crippen LogP contribution in [0.25, 0.3) is 21.9 Å². The van der Waals surface area contributed by atoms with E-state index in [1.807, 2.05) is 18.2 Å². The predicted octanol–water partition coefficient (Wildman–Crippen LogP) is 3.40. The standard InChI is InChI=1S/C21H21NO4S/c1-22-12-19(16-5-3-4-6-17(16)21(22)23)18-11-15(27(2,24)25)9-10-20(18)26-13-14-7-8-14/h3-6,9-12,14H,7-8,13H2,1-2H3. The van der Waals surface area contributed by atoms with Crippen LogP contribution in [-0.2, 0) is 16.9 Å². The molecule has 1 heterocycles. The molecule has 1 fully saturated rings. The zero-order valence-electron chi connectivity index (χ0n) is 15.3. The Morgan fingerprint density at radius 2 is 1.78 bits per heavy atom. The monoisotopic (exact) mass is 383 g/mol. The van der Waals surface area contributed by atoms with Crippen molar-refractivity contribution in [3.05, 3.63) is 59.0 Å². The number of sulfone groups is 1. The summed E-state index contributed by atoms with van der Waals surface area (Å²) in [4.78, 5) is 12.7. The summed E-state index contributed by atoms with van der Waals surface area (Å²) in [5.74, 6) is 1.21. The zero-order valence-corrected chi connectivity index (χ0v) is 16.1. The van der Waals surface area contributed by atoms with Crippen LogP contribution in [0.15, 0.2) is 58.4 Å². The number of ether oxygens (including phenoxy) is 1. The minimum atomic E-state index is -3.36. The second kappa shape index (κ2) is 6.53. The smallest absolute Gasteiger partial charge is 0.258 e. The lowest BCUT2D eigenvalue weighted by atomic mass is 10.00. The van der Waals surface area contributed by atoms with Gasteiger partial charge in [0.2, 0.25) is 0 Å². The first-order valence-electron chi connectivity index (χ1n) is 8.90. The molecule has 4 rings (SSSR count). The number of fused-ring (bicyclic) bond motifs is 1. The number of hydrogen-bond acceptors (Lipinski definition) is 4. The van der Waals surface area contributed by atoms with E-state index in [1.54, 1.807) is 37.5 Å². The van der Waals surface area contributed by atoms with Crippen molar-refractivity contribution < 1.29 is 13.2 Å². The number of rotatable bonds is 5. The van der Waals surface area contributed by atoms with Gasteiger partial charge in [0.25, 0.3) is 5.56 Å². The maximum atomic E-state index is 12.5. The first-order chi connectivity index (χ1) is 12.8. The number of benzene rings is 2. The van der Waals surface area contributed by atoms with E-state index in [0.717, 1.165) is 10.9 Å². The van der Waals surface area contributed by atoms with Crippen LogP contribution in [0.5, 0.6) is 5.75 Å². The van der Waals surface area contributed by atoms with Gasteiger partial charge in [-0.2, -0.15) is 0 Å². The number of aromatic nitrogens is 1. The highest BCUT2D eigenvalue weighted by Crippen LogP contribution is 2.37. The van der Waals surface area contributed by atoms with Crippen LogP contribution in [0.1, 0.15) is 12.8 Å². The molecule has 0 aliphatic heterocycles. The van der Waals surface area contributed by atoms with Crippen molar-refractivity contribution in [2.75, 3.05) is 12.9 Å². The summed E-state index contributed by atoms with van der Waals surface area (Å²) >= 11 is 0. The SMILES string of the molecule is Cn1cc(-c2cc(S(C)(=O)=O)ccc2OCC2CC2)c2ccccc2c1=O. The van der Waals surface area contributed by atoms with Crippen LogP contribution in [0.3, 0.4) is 0 Å². The van der Waals surface area contributed by atoms with E-state index < -0.39 is 9.84 Å². The fraction of sp³-hybridized carbons (Fsp3) is 0.286. The molecule has 0 N–H and O–H groups in total. The molecule has 1 aliphatic carbocycles. The molecule has 5 nitrogen and oxygen atoms in total. The van der Waals surface area contributed by atoms with Crippen molar-refractivity contribution in [3.8, 4) is 16.9 Å². The first-order valence-corrected chi connectivity index (χ1v) is 10.8. The molecule has 140 valence electrons. The highest BCUT2D eigenvalue weighted by molar-refractivity contribution is 7.90. The third-order valence-corrected chi connectivity index (χ3v) is 6.04. The lowest BCUT2D eigenvalue weighted by Crippen LogP contribution is -2.16. The lowest BCUT2D eigenvalue weighted by Gasteiger charge is -2.15. The number of pyridine rings is 1. The van der Waals surface area contributed by atoms with E-state index in [-0.39, 0.29) is 10.5 Å². The van der Waals surface area contributed by atoms with Crippen LogP contribution in [0.2, 0.25) is 0 Å². The van der Waals surface area contributed by atoms with Crippen molar-refractivity contribution in [2.45, 2.75) is 17.7 Å². The predicted molar refractivity (Wildman–Crippen MR) is 106 cm³/mol. The van der Waals surface area contributed by atoms with E-state index in [2.05, 4.69) is 0 Å². The number of aryl methyl sites for hydroxylation is 1. The molecule has 0 radical (unpaired) electrons. The molecule has 0 bridgehead atoms. The molecule has 0 spiro atoms. The topological polar surface area (TPSA) is 65.4 Å². The normalized spacial score (nSPS) is 14.4. The average Bonchev–Trinajstić information content (AvgIpc) is 3.47. The van der Waals surface area contributed by atoms with Gasteiger partial charge in [0.15, 0.2) is 9.84 Å². The van der Waals surface area contributed by atoms with Crippen LogP contribution < -0.4 is 10.3 Å². The third kappa shape index (κ3) is 3.49. The van der Waals surface area contributed by atoms with Gasteiger partial charge in [0.05, 0.1) is 11.5 Å². The lowest BCUT2D eigenvalue weighted by molar-refractivity contribution is 0.301. The van der Waals surface area contributed by atoms with Gasteiger partial charge in [-0.15, -0.1) is 0 Å². The Balaban J connectivity index is 1.97. The van der Waals surface area contributed by atoms with Crippen molar-refractivity contribution in [3.63, 3.8) is 0 Å². The van der Waals surface area contributed by atoms with Gasteiger partial charge >= 0.3 is 0 Å². The Hall–Kier alpha value is -2.60. The summed E-state index contributed by atoms with van der Waals surface area (Å²) in [5.41, 5.74) is 1.38. The zero-order chi connectivity index (χ0) is 19.2. The van der Waals surface area contributed by atoms with E-state index in [1.165, 1.54) is 23.7 Å². The highest BCUT2D eigenvalue weighted by Gasteiger charge is 2.23. The fourth-order valence-electron chi connectivity index (χ4n) is 3.20. The minimum Gasteiger partial charge on any atom is -0.493 e. The van der Waals surface area contributed by atoms with E-state index >= 15 is 0 Å². The molecule has 3 aromatic rings. The van der Waals surface area contributed by atoms with Crippen molar-refractivity contribution >= 4 is 20.6 Å². The van der Waals surface area contributed by atoms with E-state index in [0.29, 0.717) is 29.2 Å². The van der Waals surface area contributed by atoms with Crippen LogP contribution in [0, 0.1) is 5.92 Å². The molecule has 0 atom stereocenters. The van der Waals surface area contributed by atoms with Gasteiger partial charge in [0.1, 0.15) is 5.75 Å². The molecule has 0 saturated heterocycles. The van der Waals surface area contributed by atoms with Gasteiger partial charge in [-0.1, -0.05) is 18.2 Å². The Morgan fingerprint density at radius 1 is 1.07 bits per heavy atom. The molecule has 1 aromatic heterocycles. The summed E-state index contributed by atoms with van der Waals surface area (Å²) in [6.45, 7) is 0.620. The van der Waals surface area contributed by atoms with E-state index in [9.17, 15) is 13.2 Å². The first kappa shape index (κ1) is 17.8. The molecule has 0 unspecified atom stereocenters. The maximum absolute atomic E-state index is 12.5. The van der Waals surface area contributed by atoms with E-state index in [4.69, 9.17) is 4.74 Å². The Bertz CT molecular complexity index is 1190.